The number of hydrogen-bond donors (Lipinski definition) is 2. The predicted molar refractivity (Wildman–Crippen MR) is 46.4 cm³/mol. The summed E-state index contributed by atoms with van der Waals surface area (Å²) >= 11 is 0. The first-order chi connectivity index (χ1) is 6.39. The molecule has 14 heavy (non-hydrogen) atoms. The van der Waals surface area contributed by atoms with E-state index in [0.717, 1.165) is 0 Å². The highest BCUT2D eigenvalue weighted by atomic mass is 19.4. The van der Waals surface area contributed by atoms with E-state index in [1.54, 1.807) is 0 Å². The van der Waals surface area contributed by atoms with Crippen molar-refractivity contribution in [1.29, 1.82) is 0 Å². The first-order valence-corrected chi connectivity index (χ1v) is 4.42. The molecule has 2 nitrogen and oxygen atoms in total. The molecule has 0 aliphatic rings. The maximum atomic E-state index is 12.1. The third-order valence-corrected chi connectivity index (χ3v) is 2.43. The number of alkyl halides is 4. The zero-order valence-electron chi connectivity index (χ0n) is 7.91. The van der Waals surface area contributed by atoms with Gasteiger partial charge >= 0.3 is 6.18 Å². The SMILES string of the molecule is NCC(CN)(CCF)CCC(F)(F)F. The van der Waals surface area contributed by atoms with Crippen molar-refractivity contribution in [2.24, 2.45) is 16.9 Å². The molecule has 0 aromatic rings. The Bertz CT molecular complexity index is 154. The van der Waals surface area contributed by atoms with Gasteiger partial charge in [-0.15, -0.1) is 0 Å². The monoisotopic (exact) mass is 216 g/mol. The molecule has 0 radical (unpaired) electrons. The number of nitrogens with two attached hydrogens (primary N) is 2. The van der Waals surface area contributed by atoms with E-state index in [1.165, 1.54) is 0 Å². The lowest BCUT2D eigenvalue weighted by atomic mass is 9.80. The Balaban J connectivity index is 4.21. The number of rotatable bonds is 6. The summed E-state index contributed by atoms with van der Waals surface area (Å²) in [4.78, 5) is 0. The van der Waals surface area contributed by atoms with Gasteiger partial charge in [-0.25, -0.2) is 0 Å². The molecule has 0 aliphatic carbocycles. The summed E-state index contributed by atoms with van der Waals surface area (Å²) in [5.41, 5.74) is 9.74. The lowest BCUT2D eigenvalue weighted by Gasteiger charge is -2.30. The first-order valence-electron chi connectivity index (χ1n) is 4.42. The minimum absolute atomic E-state index is 0.00389. The highest BCUT2D eigenvalue weighted by Gasteiger charge is 2.34. The van der Waals surface area contributed by atoms with E-state index in [1.807, 2.05) is 0 Å². The first kappa shape index (κ1) is 13.6. The van der Waals surface area contributed by atoms with Gasteiger partial charge in [0, 0.05) is 6.42 Å². The molecular weight excluding hydrogens is 200 g/mol. The van der Waals surface area contributed by atoms with Crippen molar-refractivity contribution < 1.29 is 17.6 Å². The second kappa shape index (κ2) is 5.50. The van der Waals surface area contributed by atoms with Crippen molar-refractivity contribution in [2.45, 2.75) is 25.4 Å². The molecule has 0 fully saturated rings. The standard InChI is InChI=1S/C8H16F4N2/c9-4-3-7(5-13,6-14)1-2-8(10,11)12/h1-6,13-14H2. The van der Waals surface area contributed by atoms with E-state index < -0.39 is 24.7 Å². The summed E-state index contributed by atoms with van der Waals surface area (Å²) < 4.78 is 47.9. The molecule has 0 saturated carbocycles. The highest BCUT2D eigenvalue weighted by molar-refractivity contribution is 4.82. The molecule has 0 saturated heterocycles. The van der Waals surface area contributed by atoms with Crippen LogP contribution in [0.15, 0.2) is 0 Å². The summed E-state index contributed by atoms with van der Waals surface area (Å²) in [7, 11) is 0. The molecule has 86 valence electrons. The normalized spacial score (nSPS) is 13.3. The summed E-state index contributed by atoms with van der Waals surface area (Å²) in [6.45, 7) is -0.709. The quantitative estimate of drug-likeness (QED) is 0.662. The number of halogens is 4. The van der Waals surface area contributed by atoms with Crippen molar-refractivity contribution in [3.8, 4) is 0 Å². The maximum absolute atomic E-state index is 12.1. The van der Waals surface area contributed by atoms with Crippen LogP contribution in [0.25, 0.3) is 0 Å². The van der Waals surface area contributed by atoms with Gasteiger partial charge < -0.3 is 11.5 Å². The van der Waals surface area contributed by atoms with Gasteiger partial charge in [0.2, 0.25) is 0 Å². The predicted octanol–water partition coefficient (Wildman–Crippen LogP) is 1.59. The van der Waals surface area contributed by atoms with Gasteiger partial charge in [-0.3, -0.25) is 4.39 Å². The van der Waals surface area contributed by atoms with Gasteiger partial charge in [0.1, 0.15) is 0 Å². The highest BCUT2D eigenvalue weighted by Crippen LogP contribution is 2.32. The molecule has 0 amide bonds. The van der Waals surface area contributed by atoms with Crippen LogP contribution >= 0.6 is 0 Å². The van der Waals surface area contributed by atoms with Crippen LogP contribution in [0.5, 0.6) is 0 Å². The van der Waals surface area contributed by atoms with Crippen molar-refractivity contribution in [1.82, 2.24) is 0 Å². The Kier molecular flexibility index (Phi) is 5.36. The zero-order valence-corrected chi connectivity index (χ0v) is 7.91. The molecule has 0 atom stereocenters. The van der Waals surface area contributed by atoms with Crippen LogP contribution in [0.4, 0.5) is 17.6 Å². The van der Waals surface area contributed by atoms with Gasteiger partial charge in [-0.05, 0) is 31.3 Å². The summed E-state index contributed by atoms with van der Waals surface area (Å²) in [6.07, 6.45) is -5.39. The van der Waals surface area contributed by atoms with Crippen molar-refractivity contribution in [3.63, 3.8) is 0 Å². The van der Waals surface area contributed by atoms with Crippen LogP contribution in [-0.4, -0.2) is 25.9 Å². The Morgan fingerprint density at radius 3 is 1.64 bits per heavy atom. The van der Waals surface area contributed by atoms with Gasteiger partial charge in [0.15, 0.2) is 0 Å². The van der Waals surface area contributed by atoms with E-state index >= 15 is 0 Å². The van der Waals surface area contributed by atoms with E-state index in [2.05, 4.69) is 0 Å². The Morgan fingerprint density at radius 2 is 1.36 bits per heavy atom. The number of hydrogen-bond acceptors (Lipinski definition) is 2. The zero-order chi connectivity index (χ0) is 11.2. The largest absolute Gasteiger partial charge is 0.389 e. The maximum Gasteiger partial charge on any atom is 0.389 e. The van der Waals surface area contributed by atoms with Crippen LogP contribution < -0.4 is 11.5 Å². The smallest absolute Gasteiger partial charge is 0.330 e. The molecular formula is C8H16F4N2. The van der Waals surface area contributed by atoms with Crippen LogP contribution in [-0.2, 0) is 0 Å². The molecule has 0 aliphatic heterocycles. The van der Waals surface area contributed by atoms with Gasteiger partial charge in [0.05, 0.1) is 6.67 Å². The van der Waals surface area contributed by atoms with Crippen molar-refractivity contribution >= 4 is 0 Å². The second-order valence-electron chi connectivity index (χ2n) is 3.46. The van der Waals surface area contributed by atoms with Crippen LogP contribution in [0.1, 0.15) is 19.3 Å². The fraction of sp³-hybridized carbons (Fsp3) is 1.00. The third kappa shape index (κ3) is 4.76. The van der Waals surface area contributed by atoms with Crippen LogP contribution in [0.2, 0.25) is 0 Å². The molecule has 0 rings (SSSR count). The molecule has 0 bridgehead atoms. The lowest BCUT2D eigenvalue weighted by Crippen LogP contribution is -2.39. The fourth-order valence-corrected chi connectivity index (χ4v) is 1.22. The van der Waals surface area contributed by atoms with E-state index in [0.29, 0.717) is 0 Å². The molecule has 4 N–H and O–H groups in total. The summed E-state index contributed by atoms with van der Waals surface area (Å²) in [6, 6.07) is 0. The van der Waals surface area contributed by atoms with Crippen molar-refractivity contribution in [3.05, 3.63) is 0 Å². The lowest BCUT2D eigenvalue weighted by molar-refractivity contribution is -0.140. The topological polar surface area (TPSA) is 52.0 Å². The molecule has 0 heterocycles. The average molecular weight is 216 g/mol. The van der Waals surface area contributed by atoms with Crippen LogP contribution in [0.3, 0.4) is 0 Å². The minimum Gasteiger partial charge on any atom is -0.330 e. The Hall–Kier alpha value is -0.360. The van der Waals surface area contributed by atoms with Crippen LogP contribution in [0, 0.1) is 5.41 Å². The summed E-state index contributed by atoms with van der Waals surface area (Å²) in [5.74, 6) is 0. The summed E-state index contributed by atoms with van der Waals surface area (Å²) in [5, 5.41) is 0. The molecule has 0 unspecified atom stereocenters. The Labute approximate surface area is 80.6 Å². The van der Waals surface area contributed by atoms with E-state index in [4.69, 9.17) is 11.5 Å². The Morgan fingerprint density at radius 1 is 0.857 bits per heavy atom. The molecule has 6 heteroatoms. The van der Waals surface area contributed by atoms with E-state index in [9.17, 15) is 17.6 Å². The molecule has 0 aromatic heterocycles. The third-order valence-electron chi connectivity index (χ3n) is 2.43. The fourth-order valence-electron chi connectivity index (χ4n) is 1.22. The van der Waals surface area contributed by atoms with Crippen molar-refractivity contribution in [2.75, 3.05) is 19.8 Å². The molecule has 0 spiro atoms. The molecule has 0 aromatic carbocycles. The average Bonchev–Trinajstić information content (AvgIpc) is 2.11. The van der Waals surface area contributed by atoms with Gasteiger partial charge in [-0.1, -0.05) is 0 Å². The van der Waals surface area contributed by atoms with Gasteiger partial charge in [0.25, 0.3) is 0 Å². The van der Waals surface area contributed by atoms with E-state index in [-0.39, 0.29) is 25.9 Å². The second-order valence-corrected chi connectivity index (χ2v) is 3.46. The van der Waals surface area contributed by atoms with Gasteiger partial charge in [-0.2, -0.15) is 13.2 Å². The minimum atomic E-state index is -4.23.